The lowest BCUT2D eigenvalue weighted by molar-refractivity contribution is 0.242. The highest BCUT2D eigenvalue weighted by atomic mass is 16.1. The molecule has 3 heterocycles. The van der Waals surface area contributed by atoms with E-state index in [1.807, 2.05) is 30.3 Å². The summed E-state index contributed by atoms with van der Waals surface area (Å²) in [5.41, 5.74) is 7.84. The van der Waals surface area contributed by atoms with Crippen molar-refractivity contribution in [3.63, 3.8) is 0 Å². The zero-order chi connectivity index (χ0) is 21.9. The van der Waals surface area contributed by atoms with Crippen LogP contribution < -0.4 is 11.0 Å². The Morgan fingerprint density at radius 3 is 2.81 bits per heavy atom. The van der Waals surface area contributed by atoms with Crippen LogP contribution in [0.2, 0.25) is 0 Å². The van der Waals surface area contributed by atoms with Gasteiger partial charge in [0.05, 0.1) is 17.5 Å². The van der Waals surface area contributed by atoms with Crippen molar-refractivity contribution in [3.05, 3.63) is 93.5 Å². The molecule has 0 amide bonds. The number of fused-ring (bicyclic) bond motifs is 2. The number of aromatic amines is 1. The van der Waals surface area contributed by atoms with E-state index < -0.39 is 0 Å². The van der Waals surface area contributed by atoms with Gasteiger partial charge in [-0.2, -0.15) is 5.10 Å². The van der Waals surface area contributed by atoms with E-state index >= 15 is 0 Å². The van der Waals surface area contributed by atoms with E-state index in [1.54, 1.807) is 6.21 Å². The van der Waals surface area contributed by atoms with Gasteiger partial charge in [-0.3, -0.25) is 14.7 Å². The predicted octanol–water partition coefficient (Wildman–Crippen LogP) is 3.75. The molecule has 1 aliphatic heterocycles. The number of nitrogens with one attached hydrogen (secondary N) is 2. The van der Waals surface area contributed by atoms with Crippen LogP contribution >= 0.6 is 0 Å². The molecular weight excluding hydrogens is 400 g/mol. The molecule has 0 saturated carbocycles. The topological polar surface area (TPSA) is 78.3 Å². The Balaban J connectivity index is 1.31. The van der Waals surface area contributed by atoms with E-state index in [9.17, 15) is 4.79 Å². The molecule has 7 heteroatoms. The van der Waals surface area contributed by atoms with Crippen LogP contribution in [-0.2, 0) is 26.1 Å². The highest BCUT2D eigenvalue weighted by Crippen LogP contribution is 2.20. The average molecular weight is 427 g/mol. The third kappa shape index (κ3) is 4.07. The van der Waals surface area contributed by atoms with Crippen molar-refractivity contribution in [2.45, 2.75) is 33.0 Å². The third-order valence-electron chi connectivity index (χ3n) is 5.93. The Morgan fingerprint density at radius 1 is 1.16 bits per heavy atom. The maximum Gasteiger partial charge on any atom is 0.257 e. The number of hydrogen-bond donors (Lipinski definition) is 2. The van der Waals surface area contributed by atoms with Gasteiger partial charge in [0.1, 0.15) is 0 Å². The monoisotopic (exact) mass is 426 g/mol. The largest absolute Gasteiger partial charge is 0.347 e. The molecule has 7 nitrogen and oxygen atoms in total. The van der Waals surface area contributed by atoms with Crippen LogP contribution in [0.25, 0.3) is 10.9 Å². The summed E-state index contributed by atoms with van der Waals surface area (Å²) >= 11 is 0. The molecule has 0 atom stereocenters. The number of hydrazone groups is 1. The summed E-state index contributed by atoms with van der Waals surface area (Å²) in [5, 5.41) is 5.48. The molecule has 0 fully saturated rings. The first-order chi connectivity index (χ1) is 15.7. The van der Waals surface area contributed by atoms with Crippen LogP contribution in [0.4, 0.5) is 5.95 Å². The van der Waals surface area contributed by atoms with E-state index in [-0.39, 0.29) is 5.56 Å². The molecule has 32 heavy (non-hydrogen) atoms. The molecule has 4 aromatic rings. The minimum Gasteiger partial charge on any atom is -0.347 e. The lowest BCUT2D eigenvalue weighted by Gasteiger charge is -2.27. The number of aryl methyl sites for hydroxylation is 1. The van der Waals surface area contributed by atoms with Crippen LogP contribution in [0.1, 0.15) is 29.3 Å². The number of benzene rings is 2. The molecule has 2 aromatic heterocycles. The number of nitrogens with zero attached hydrogens (tertiary/aromatic N) is 4. The average Bonchev–Trinajstić information content (AvgIpc) is 3.18. The van der Waals surface area contributed by atoms with E-state index in [0.717, 1.165) is 48.3 Å². The van der Waals surface area contributed by atoms with Gasteiger partial charge in [-0.15, -0.1) is 0 Å². The normalized spacial score (nSPS) is 14.2. The molecule has 162 valence electrons. The second-order valence-corrected chi connectivity index (χ2v) is 8.04. The van der Waals surface area contributed by atoms with Crippen molar-refractivity contribution in [3.8, 4) is 0 Å². The molecular formula is C25H26N6O. The maximum atomic E-state index is 12.7. The molecule has 1 aliphatic rings. The van der Waals surface area contributed by atoms with Gasteiger partial charge < -0.3 is 4.57 Å². The standard InChI is InChI=1S/C25H26N6O/c1-2-31-16-19(20-10-6-7-11-23(20)31)14-26-29-25-27-22-12-13-30(17-21(22)24(32)28-25)15-18-8-4-3-5-9-18/h3-11,14,16H,2,12-13,15,17H2,1H3,(H2,27,28,29,32)/b26-14-. The lowest BCUT2D eigenvalue weighted by Crippen LogP contribution is -2.35. The first-order valence-electron chi connectivity index (χ1n) is 11.0. The highest BCUT2D eigenvalue weighted by Gasteiger charge is 2.21. The van der Waals surface area contributed by atoms with Gasteiger partial charge in [-0.25, -0.2) is 10.4 Å². The Bertz CT molecular complexity index is 1320. The van der Waals surface area contributed by atoms with Crippen LogP contribution in [0.5, 0.6) is 0 Å². The molecule has 2 N–H and O–H groups in total. The van der Waals surface area contributed by atoms with Gasteiger partial charge in [0.15, 0.2) is 0 Å². The van der Waals surface area contributed by atoms with Gasteiger partial charge in [-0.05, 0) is 18.6 Å². The van der Waals surface area contributed by atoms with Crippen molar-refractivity contribution in [1.29, 1.82) is 0 Å². The molecule has 0 unspecified atom stereocenters. The van der Waals surface area contributed by atoms with Crippen molar-refractivity contribution in [2.24, 2.45) is 5.10 Å². The van der Waals surface area contributed by atoms with E-state index in [2.05, 4.69) is 67.3 Å². The Hall–Kier alpha value is -3.71. The van der Waals surface area contributed by atoms with Crippen LogP contribution in [-0.4, -0.2) is 32.2 Å². The Kier molecular flexibility index (Phi) is 5.56. The fourth-order valence-corrected chi connectivity index (χ4v) is 4.31. The molecule has 5 rings (SSSR count). The molecule has 0 radical (unpaired) electrons. The van der Waals surface area contributed by atoms with Crippen molar-refractivity contribution in [1.82, 2.24) is 19.4 Å². The maximum absolute atomic E-state index is 12.7. The summed E-state index contributed by atoms with van der Waals surface area (Å²) in [5.74, 6) is 0.376. The van der Waals surface area contributed by atoms with E-state index in [4.69, 9.17) is 0 Å². The molecule has 0 saturated heterocycles. The number of hydrogen-bond acceptors (Lipinski definition) is 5. The smallest absolute Gasteiger partial charge is 0.257 e. The van der Waals surface area contributed by atoms with Gasteiger partial charge in [-0.1, -0.05) is 48.5 Å². The highest BCUT2D eigenvalue weighted by molar-refractivity contribution is 5.99. The minimum absolute atomic E-state index is 0.104. The van der Waals surface area contributed by atoms with Gasteiger partial charge in [0.25, 0.3) is 5.56 Å². The SMILES string of the molecule is CCn1cc(/C=N\Nc2nc3c(c(=O)[nH]2)CN(Cc2ccccc2)CC3)c2ccccc21. The third-order valence-corrected chi connectivity index (χ3v) is 5.93. The second kappa shape index (κ2) is 8.80. The summed E-state index contributed by atoms with van der Waals surface area (Å²) in [7, 11) is 0. The first-order valence-corrected chi connectivity index (χ1v) is 11.0. The van der Waals surface area contributed by atoms with Crippen molar-refractivity contribution >= 4 is 23.1 Å². The zero-order valence-electron chi connectivity index (χ0n) is 18.1. The lowest BCUT2D eigenvalue weighted by atomic mass is 10.1. The van der Waals surface area contributed by atoms with Crippen LogP contribution in [0.3, 0.4) is 0 Å². The quantitative estimate of drug-likeness (QED) is 0.364. The van der Waals surface area contributed by atoms with Crippen LogP contribution in [0, 0.1) is 0 Å². The van der Waals surface area contributed by atoms with Gasteiger partial charge >= 0.3 is 0 Å². The molecule has 2 aromatic carbocycles. The Morgan fingerprint density at radius 2 is 1.97 bits per heavy atom. The van der Waals surface area contributed by atoms with Gasteiger partial charge in [0, 0.05) is 55.3 Å². The fraction of sp³-hybridized carbons (Fsp3) is 0.240. The zero-order valence-corrected chi connectivity index (χ0v) is 18.1. The number of aromatic nitrogens is 3. The summed E-state index contributed by atoms with van der Waals surface area (Å²) < 4.78 is 2.19. The van der Waals surface area contributed by atoms with E-state index in [0.29, 0.717) is 12.5 Å². The predicted molar refractivity (Wildman–Crippen MR) is 128 cm³/mol. The second-order valence-electron chi connectivity index (χ2n) is 8.04. The Labute approximate surface area is 186 Å². The summed E-state index contributed by atoms with van der Waals surface area (Å²) in [6.07, 6.45) is 4.60. The summed E-state index contributed by atoms with van der Waals surface area (Å²) in [6.45, 7) is 5.32. The number of rotatable bonds is 6. The van der Waals surface area contributed by atoms with E-state index in [1.165, 1.54) is 11.1 Å². The minimum atomic E-state index is -0.104. The van der Waals surface area contributed by atoms with Crippen LogP contribution in [0.15, 0.2) is 70.7 Å². The van der Waals surface area contributed by atoms with Gasteiger partial charge in [0.2, 0.25) is 5.95 Å². The van der Waals surface area contributed by atoms with Crippen molar-refractivity contribution < 1.29 is 0 Å². The number of H-pyrrole nitrogens is 1. The number of anilines is 1. The molecule has 0 spiro atoms. The first kappa shape index (κ1) is 20.2. The fourth-order valence-electron chi connectivity index (χ4n) is 4.31. The molecule has 0 bridgehead atoms. The molecule has 0 aliphatic carbocycles. The number of para-hydroxylation sites is 1. The summed E-state index contributed by atoms with van der Waals surface area (Å²) in [6, 6.07) is 18.6. The summed E-state index contributed by atoms with van der Waals surface area (Å²) in [4.78, 5) is 22.5. The van der Waals surface area contributed by atoms with Crippen molar-refractivity contribution in [2.75, 3.05) is 12.0 Å².